The van der Waals surface area contributed by atoms with E-state index in [0.717, 1.165) is 22.1 Å². The molecule has 0 spiro atoms. The van der Waals surface area contributed by atoms with Crippen LogP contribution in [-0.4, -0.2) is 18.6 Å². The lowest BCUT2D eigenvalue weighted by Crippen LogP contribution is -2.12. The van der Waals surface area contributed by atoms with Crippen molar-refractivity contribution in [3.63, 3.8) is 0 Å². The van der Waals surface area contributed by atoms with Crippen molar-refractivity contribution in [3.8, 4) is 0 Å². The highest BCUT2D eigenvalue weighted by Crippen LogP contribution is 2.23. The summed E-state index contributed by atoms with van der Waals surface area (Å²) in [6.45, 7) is 4.00. The molecule has 8 heteroatoms. The van der Waals surface area contributed by atoms with Crippen LogP contribution in [0, 0.1) is 0 Å². The molecule has 1 heterocycles. The van der Waals surface area contributed by atoms with Crippen molar-refractivity contribution in [2.75, 3.05) is 5.32 Å². The van der Waals surface area contributed by atoms with Gasteiger partial charge in [0.05, 0.1) is 10.9 Å². The Kier molecular flexibility index (Phi) is 4.36. The highest BCUT2D eigenvalue weighted by Gasteiger charge is 2.11. The van der Waals surface area contributed by atoms with E-state index < -0.39 is 10.0 Å². The van der Waals surface area contributed by atoms with Crippen molar-refractivity contribution in [1.82, 2.24) is 10.2 Å². The Balaban J connectivity index is 2.11. The van der Waals surface area contributed by atoms with Crippen molar-refractivity contribution in [3.05, 3.63) is 34.8 Å². The molecule has 1 atom stereocenters. The summed E-state index contributed by atoms with van der Waals surface area (Å²) in [6, 6.07) is 6.47. The number of aromatic nitrogens is 2. The van der Waals surface area contributed by atoms with Crippen LogP contribution in [0.15, 0.2) is 29.2 Å². The Hall–Kier alpha value is -1.51. The molecular formula is C12H16N4O2S2. The van der Waals surface area contributed by atoms with Crippen molar-refractivity contribution in [1.29, 1.82) is 0 Å². The standard InChI is InChI=1S/C12H16N4O2S2/c1-3-11-15-16-12(19-11)14-8(2)9-4-6-10(7-5-9)20(13,17)18/h4-8H,3H2,1-2H3,(H,14,16)(H2,13,17,18). The topological polar surface area (TPSA) is 98.0 Å². The van der Waals surface area contributed by atoms with Gasteiger partial charge in [-0.1, -0.05) is 30.4 Å². The molecule has 0 fully saturated rings. The van der Waals surface area contributed by atoms with Gasteiger partial charge >= 0.3 is 0 Å². The van der Waals surface area contributed by atoms with Crippen LogP contribution in [0.25, 0.3) is 0 Å². The molecule has 3 N–H and O–H groups in total. The van der Waals surface area contributed by atoms with Crippen LogP contribution in [0.1, 0.15) is 30.5 Å². The average molecular weight is 312 g/mol. The zero-order chi connectivity index (χ0) is 14.8. The van der Waals surface area contributed by atoms with Crippen LogP contribution in [0.3, 0.4) is 0 Å². The third-order valence-corrected chi connectivity index (χ3v) is 4.75. The van der Waals surface area contributed by atoms with Crippen molar-refractivity contribution in [2.45, 2.75) is 31.2 Å². The molecule has 0 saturated carbocycles. The van der Waals surface area contributed by atoms with Gasteiger partial charge in [0.15, 0.2) is 0 Å². The lowest BCUT2D eigenvalue weighted by Gasteiger charge is -2.13. The second kappa shape index (κ2) is 5.86. The highest BCUT2D eigenvalue weighted by molar-refractivity contribution is 7.89. The zero-order valence-electron chi connectivity index (χ0n) is 11.2. The predicted octanol–water partition coefficient (Wildman–Crippen LogP) is 1.92. The van der Waals surface area contributed by atoms with Gasteiger partial charge in [-0.05, 0) is 31.0 Å². The fourth-order valence-electron chi connectivity index (χ4n) is 1.67. The van der Waals surface area contributed by atoms with Gasteiger partial charge in [-0.2, -0.15) is 0 Å². The van der Waals surface area contributed by atoms with Crippen molar-refractivity contribution in [2.24, 2.45) is 5.14 Å². The molecule has 0 bridgehead atoms. The van der Waals surface area contributed by atoms with Crippen LogP contribution >= 0.6 is 11.3 Å². The molecule has 2 aromatic rings. The maximum Gasteiger partial charge on any atom is 0.238 e. The second-order valence-electron chi connectivity index (χ2n) is 4.33. The number of nitrogens with two attached hydrogens (primary N) is 1. The van der Waals surface area contributed by atoms with E-state index in [4.69, 9.17) is 5.14 Å². The van der Waals surface area contributed by atoms with Crippen LogP contribution < -0.4 is 10.5 Å². The third kappa shape index (κ3) is 3.53. The lowest BCUT2D eigenvalue weighted by molar-refractivity contribution is 0.597. The number of nitrogens with one attached hydrogen (secondary N) is 1. The minimum atomic E-state index is -3.64. The van der Waals surface area contributed by atoms with Gasteiger partial charge in [0.25, 0.3) is 0 Å². The Morgan fingerprint density at radius 2 is 1.95 bits per heavy atom. The molecule has 1 unspecified atom stereocenters. The summed E-state index contributed by atoms with van der Waals surface area (Å²) in [7, 11) is -3.64. The minimum Gasteiger partial charge on any atom is -0.354 e. The molecule has 1 aromatic carbocycles. The zero-order valence-corrected chi connectivity index (χ0v) is 12.8. The molecule has 0 aliphatic heterocycles. The van der Waals surface area contributed by atoms with Gasteiger partial charge < -0.3 is 5.32 Å². The van der Waals surface area contributed by atoms with Crippen molar-refractivity contribution < 1.29 is 8.42 Å². The van der Waals surface area contributed by atoms with Crippen LogP contribution in [0.2, 0.25) is 0 Å². The number of hydrogen-bond donors (Lipinski definition) is 2. The molecule has 20 heavy (non-hydrogen) atoms. The van der Waals surface area contributed by atoms with E-state index >= 15 is 0 Å². The summed E-state index contributed by atoms with van der Waals surface area (Å²) in [5.41, 5.74) is 0.950. The summed E-state index contributed by atoms with van der Waals surface area (Å²) in [4.78, 5) is 0.109. The number of benzene rings is 1. The van der Waals surface area contributed by atoms with E-state index in [1.165, 1.54) is 23.5 Å². The molecule has 2 rings (SSSR count). The monoisotopic (exact) mass is 312 g/mol. The number of rotatable bonds is 5. The largest absolute Gasteiger partial charge is 0.354 e. The van der Waals surface area contributed by atoms with Crippen LogP contribution in [-0.2, 0) is 16.4 Å². The molecular weight excluding hydrogens is 296 g/mol. The minimum absolute atomic E-state index is 0.00202. The maximum absolute atomic E-state index is 11.2. The molecule has 6 nitrogen and oxygen atoms in total. The highest BCUT2D eigenvalue weighted by atomic mass is 32.2. The molecule has 0 radical (unpaired) electrons. The van der Waals surface area contributed by atoms with E-state index in [1.54, 1.807) is 12.1 Å². The van der Waals surface area contributed by atoms with Gasteiger partial charge in [-0.25, -0.2) is 13.6 Å². The first-order chi connectivity index (χ1) is 9.40. The number of anilines is 1. The summed E-state index contributed by atoms with van der Waals surface area (Å²) in [5.74, 6) is 0. The number of primary sulfonamides is 1. The lowest BCUT2D eigenvalue weighted by atomic mass is 10.1. The number of sulfonamides is 1. The van der Waals surface area contributed by atoms with Crippen LogP contribution in [0.5, 0.6) is 0 Å². The van der Waals surface area contributed by atoms with Gasteiger partial charge in [0.1, 0.15) is 5.01 Å². The SMILES string of the molecule is CCc1nnc(NC(C)c2ccc(S(N)(=O)=O)cc2)s1. The van der Waals surface area contributed by atoms with Crippen LogP contribution in [0.4, 0.5) is 5.13 Å². The Labute approximate surface area is 122 Å². The fourth-order valence-corrected chi connectivity index (χ4v) is 2.95. The first-order valence-corrected chi connectivity index (χ1v) is 8.48. The smallest absolute Gasteiger partial charge is 0.238 e. The summed E-state index contributed by atoms with van der Waals surface area (Å²) in [6.07, 6.45) is 0.858. The van der Waals surface area contributed by atoms with E-state index in [2.05, 4.69) is 15.5 Å². The van der Waals surface area contributed by atoms with E-state index in [1.807, 2.05) is 13.8 Å². The Bertz CT molecular complexity index is 680. The van der Waals surface area contributed by atoms with Gasteiger partial charge in [0.2, 0.25) is 15.2 Å². The number of nitrogens with zero attached hydrogens (tertiary/aromatic N) is 2. The molecule has 0 aliphatic carbocycles. The quantitative estimate of drug-likeness (QED) is 0.879. The van der Waals surface area contributed by atoms with Gasteiger partial charge in [-0.3, -0.25) is 0 Å². The summed E-state index contributed by atoms with van der Waals surface area (Å²) in [5, 5.41) is 18.1. The molecule has 108 valence electrons. The van der Waals surface area contributed by atoms with E-state index in [9.17, 15) is 8.42 Å². The maximum atomic E-state index is 11.2. The second-order valence-corrected chi connectivity index (χ2v) is 6.96. The molecule has 0 saturated heterocycles. The molecule has 0 amide bonds. The van der Waals surface area contributed by atoms with E-state index in [-0.39, 0.29) is 10.9 Å². The first kappa shape index (κ1) is 14.9. The Morgan fingerprint density at radius 1 is 1.30 bits per heavy atom. The predicted molar refractivity (Wildman–Crippen MR) is 79.1 cm³/mol. The third-order valence-electron chi connectivity index (χ3n) is 2.82. The molecule has 0 aliphatic rings. The van der Waals surface area contributed by atoms with Gasteiger partial charge in [-0.15, -0.1) is 10.2 Å². The molecule has 1 aromatic heterocycles. The fraction of sp³-hybridized carbons (Fsp3) is 0.333. The van der Waals surface area contributed by atoms with Gasteiger partial charge in [0, 0.05) is 0 Å². The van der Waals surface area contributed by atoms with E-state index in [0.29, 0.717) is 0 Å². The summed E-state index contributed by atoms with van der Waals surface area (Å²) < 4.78 is 22.4. The van der Waals surface area contributed by atoms with Crippen molar-refractivity contribution >= 4 is 26.5 Å². The number of hydrogen-bond acceptors (Lipinski definition) is 6. The normalized spacial score (nSPS) is 13.2. The first-order valence-electron chi connectivity index (χ1n) is 6.12. The summed E-state index contributed by atoms with van der Waals surface area (Å²) >= 11 is 1.51. The Morgan fingerprint density at radius 3 is 2.45 bits per heavy atom. The average Bonchev–Trinajstić information content (AvgIpc) is 2.85. The number of aryl methyl sites for hydroxylation is 1.